The third-order valence-corrected chi connectivity index (χ3v) is 2.89. The number of ether oxygens (including phenoxy) is 1. The maximum absolute atomic E-state index is 12.4. The van der Waals surface area contributed by atoms with E-state index in [9.17, 15) is 4.79 Å². The van der Waals surface area contributed by atoms with E-state index in [1.807, 2.05) is 26.0 Å². The Balaban J connectivity index is 2.84. The van der Waals surface area contributed by atoms with Crippen LogP contribution in [0.3, 0.4) is 0 Å². The number of carbonyl (C=O) groups is 1. The molecule has 0 fully saturated rings. The summed E-state index contributed by atoms with van der Waals surface area (Å²) in [5.41, 5.74) is 0.591. The fourth-order valence-corrected chi connectivity index (χ4v) is 1.85. The van der Waals surface area contributed by atoms with E-state index in [4.69, 9.17) is 9.84 Å². The zero-order valence-corrected chi connectivity index (χ0v) is 12.8. The summed E-state index contributed by atoms with van der Waals surface area (Å²) in [7, 11) is 0. The molecule has 1 aromatic rings. The number of benzene rings is 1. The van der Waals surface area contributed by atoms with Crippen molar-refractivity contribution in [3.05, 3.63) is 29.8 Å². The van der Waals surface area contributed by atoms with Crippen LogP contribution in [0.15, 0.2) is 24.3 Å². The zero-order chi connectivity index (χ0) is 15.1. The monoisotopic (exact) mass is 279 g/mol. The van der Waals surface area contributed by atoms with Crippen molar-refractivity contribution in [1.29, 1.82) is 0 Å². The van der Waals surface area contributed by atoms with E-state index in [-0.39, 0.29) is 18.6 Å². The van der Waals surface area contributed by atoms with Gasteiger partial charge in [0.15, 0.2) is 0 Å². The summed E-state index contributed by atoms with van der Waals surface area (Å²) in [6.45, 7) is 8.97. The quantitative estimate of drug-likeness (QED) is 0.834. The molecule has 1 rings (SSSR count). The zero-order valence-electron chi connectivity index (χ0n) is 12.8. The number of hydrogen-bond donors (Lipinski definition) is 1. The third kappa shape index (κ3) is 4.85. The number of rotatable bonds is 7. The number of carbonyl (C=O) groups excluding carboxylic acids is 1. The van der Waals surface area contributed by atoms with Crippen LogP contribution in [0.4, 0.5) is 0 Å². The van der Waals surface area contributed by atoms with Gasteiger partial charge in [-0.3, -0.25) is 4.79 Å². The number of amides is 1. The molecule has 1 amide bonds. The Morgan fingerprint density at radius 1 is 1.30 bits per heavy atom. The van der Waals surface area contributed by atoms with Crippen molar-refractivity contribution in [3.63, 3.8) is 0 Å². The molecule has 20 heavy (non-hydrogen) atoms. The van der Waals surface area contributed by atoms with E-state index in [2.05, 4.69) is 13.8 Å². The van der Waals surface area contributed by atoms with Crippen LogP contribution in [0.25, 0.3) is 0 Å². The molecule has 0 aliphatic rings. The Morgan fingerprint density at radius 3 is 2.55 bits per heavy atom. The first-order chi connectivity index (χ1) is 9.45. The minimum Gasteiger partial charge on any atom is -0.493 e. The lowest BCUT2D eigenvalue weighted by molar-refractivity contribution is 0.0665. The van der Waals surface area contributed by atoms with Gasteiger partial charge in [0.2, 0.25) is 0 Å². The lowest BCUT2D eigenvalue weighted by Crippen LogP contribution is -2.39. The van der Waals surface area contributed by atoms with E-state index in [1.54, 1.807) is 17.0 Å². The molecule has 0 saturated heterocycles. The lowest BCUT2D eigenvalue weighted by atomic mass is 10.1. The Bertz CT molecular complexity index is 429. The van der Waals surface area contributed by atoms with Crippen molar-refractivity contribution in [2.24, 2.45) is 5.92 Å². The van der Waals surface area contributed by atoms with Gasteiger partial charge in [-0.05, 0) is 38.0 Å². The topological polar surface area (TPSA) is 49.8 Å². The maximum atomic E-state index is 12.4. The summed E-state index contributed by atoms with van der Waals surface area (Å²) in [6, 6.07) is 7.26. The highest BCUT2D eigenvalue weighted by Crippen LogP contribution is 2.17. The maximum Gasteiger partial charge on any atom is 0.254 e. The second-order valence-electron chi connectivity index (χ2n) is 5.55. The molecule has 0 saturated carbocycles. The summed E-state index contributed by atoms with van der Waals surface area (Å²) in [5, 5.41) is 9.06. The van der Waals surface area contributed by atoms with Gasteiger partial charge in [-0.2, -0.15) is 0 Å². The van der Waals surface area contributed by atoms with Crippen LogP contribution < -0.4 is 4.74 Å². The SMILES string of the molecule is CC(C)COc1cccc(C(=O)N(CCO)C(C)C)c1. The van der Waals surface area contributed by atoms with Gasteiger partial charge in [-0.15, -0.1) is 0 Å². The first-order valence-electron chi connectivity index (χ1n) is 7.10. The van der Waals surface area contributed by atoms with Crippen LogP contribution in [-0.2, 0) is 0 Å². The molecule has 0 aliphatic heterocycles. The molecule has 0 spiro atoms. The molecule has 0 aliphatic carbocycles. The average molecular weight is 279 g/mol. The van der Waals surface area contributed by atoms with E-state index >= 15 is 0 Å². The van der Waals surface area contributed by atoms with E-state index in [1.165, 1.54) is 0 Å². The Labute approximate surface area is 121 Å². The van der Waals surface area contributed by atoms with Crippen molar-refractivity contribution < 1.29 is 14.6 Å². The van der Waals surface area contributed by atoms with Crippen LogP contribution in [0, 0.1) is 5.92 Å². The largest absolute Gasteiger partial charge is 0.493 e. The highest BCUT2D eigenvalue weighted by atomic mass is 16.5. The van der Waals surface area contributed by atoms with Crippen LogP contribution in [0.2, 0.25) is 0 Å². The number of hydrogen-bond acceptors (Lipinski definition) is 3. The molecule has 0 unspecified atom stereocenters. The molecule has 0 radical (unpaired) electrons. The smallest absolute Gasteiger partial charge is 0.254 e. The van der Waals surface area contributed by atoms with Gasteiger partial charge in [0, 0.05) is 18.2 Å². The van der Waals surface area contributed by atoms with E-state index in [0.717, 1.165) is 0 Å². The fourth-order valence-electron chi connectivity index (χ4n) is 1.85. The first kappa shape index (κ1) is 16.5. The normalized spacial score (nSPS) is 10.9. The van der Waals surface area contributed by atoms with Crippen molar-refractivity contribution in [2.45, 2.75) is 33.7 Å². The summed E-state index contributed by atoms with van der Waals surface area (Å²) in [4.78, 5) is 14.1. The van der Waals surface area contributed by atoms with Gasteiger partial charge in [0.05, 0.1) is 13.2 Å². The number of aliphatic hydroxyl groups excluding tert-OH is 1. The van der Waals surface area contributed by atoms with Gasteiger partial charge in [-0.1, -0.05) is 19.9 Å². The molecule has 0 bridgehead atoms. The number of nitrogens with zero attached hydrogens (tertiary/aromatic N) is 1. The molecule has 0 heterocycles. The Kier molecular flexibility index (Phi) is 6.52. The van der Waals surface area contributed by atoms with Crippen molar-refractivity contribution in [2.75, 3.05) is 19.8 Å². The summed E-state index contributed by atoms with van der Waals surface area (Å²) in [5.74, 6) is 1.07. The van der Waals surface area contributed by atoms with Crippen LogP contribution >= 0.6 is 0 Å². The van der Waals surface area contributed by atoms with Crippen LogP contribution in [0.1, 0.15) is 38.1 Å². The lowest BCUT2D eigenvalue weighted by Gasteiger charge is -2.26. The van der Waals surface area contributed by atoms with Crippen molar-refractivity contribution >= 4 is 5.91 Å². The predicted molar refractivity (Wildman–Crippen MR) is 80.0 cm³/mol. The Morgan fingerprint density at radius 2 is 2.00 bits per heavy atom. The standard InChI is InChI=1S/C16H25NO3/c1-12(2)11-20-15-7-5-6-14(10-15)16(19)17(8-9-18)13(3)4/h5-7,10,12-13,18H,8-9,11H2,1-4H3. The summed E-state index contributed by atoms with van der Waals surface area (Å²) in [6.07, 6.45) is 0. The summed E-state index contributed by atoms with van der Waals surface area (Å²) >= 11 is 0. The molecular formula is C16H25NO3. The molecule has 0 atom stereocenters. The molecule has 112 valence electrons. The van der Waals surface area contributed by atoms with E-state index < -0.39 is 0 Å². The second kappa shape index (κ2) is 7.90. The molecular weight excluding hydrogens is 254 g/mol. The van der Waals surface area contributed by atoms with Gasteiger partial charge in [-0.25, -0.2) is 0 Å². The van der Waals surface area contributed by atoms with Gasteiger partial charge >= 0.3 is 0 Å². The first-order valence-corrected chi connectivity index (χ1v) is 7.10. The minimum atomic E-state index is -0.0796. The van der Waals surface area contributed by atoms with Crippen LogP contribution in [0.5, 0.6) is 5.75 Å². The van der Waals surface area contributed by atoms with Gasteiger partial charge in [0.1, 0.15) is 5.75 Å². The third-order valence-electron chi connectivity index (χ3n) is 2.89. The summed E-state index contributed by atoms with van der Waals surface area (Å²) < 4.78 is 5.64. The second-order valence-corrected chi connectivity index (χ2v) is 5.55. The molecule has 0 aromatic heterocycles. The highest BCUT2D eigenvalue weighted by Gasteiger charge is 2.18. The highest BCUT2D eigenvalue weighted by molar-refractivity contribution is 5.94. The van der Waals surface area contributed by atoms with Crippen molar-refractivity contribution in [3.8, 4) is 5.75 Å². The van der Waals surface area contributed by atoms with Gasteiger partial charge < -0.3 is 14.7 Å². The average Bonchev–Trinajstić information content (AvgIpc) is 2.41. The van der Waals surface area contributed by atoms with Gasteiger partial charge in [0.25, 0.3) is 5.91 Å². The molecule has 4 heteroatoms. The van der Waals surface area contributed by atoms with Crippen molar-refractivity contribution in [1.82, 2.24) is 4.90 Å². The van der Waals surface area contributed by atoms with Crippen LogP contribution in [-0.4, -0.2) is 41.7 Å². The Hall–Kier alpha value is -1.55. The fraction of sp³-hybridized carbons (Fsp3) is 0.562. The predicted octanol–water partition coefficient (Wildman–Crippen LogP) is 2.56. The number of aliphatic hydroxyl groups is 1. The van der Waals surface area contributed by atoms with E-state index in [0.29, 0.717) is 30.4 Å². The minimum absolute atomic E-state index is 0.0343. The molecule has 4 nitrogen and oxygen atoms in total. The molecule has 1 aromatic carbocycles. The molecule has 1 N–H and O–H groups in total.